The standard InChI is InChI=1S/C14H25N5O/c1-5-19(6-2)8-7-16-14(20)12-11(15)9-17-13(18-12)10(3)4/h9-10H,5-8,15H2,1-4H3,(H,16,20). The molecule has 112 valence electrons. The summed E-state index contributed by atoms with van der Waals surface area (Å²) in [7, 11) is 0. The highest BCUT2D eigenvalue weighted by molar-refractivity contribution is 5.96. The number of nitrogens with two attached hydrogens (primary N) is 1. The van der Waals surface area contributed by atoms with Crippen LogP contribution in [0.2, 0.25) is 0 Å². The summed E-state index contributed by atoms with van der Waals surface area (Å²) in [5.74, 6) is 0.560. The molecule has 0 spiro atoms. The van der Waals surface area contributed by atoms with Gasteiger partial charge in [-0.1, -0.05) is 27.7 Å². The lowest BCUT2D eigenvalue weighted by molar-refractivity contribution is 0.0944. The van der Waals surface area contributed by atoms with Crippen molar-refractivity contribution in [1.29, 1.82) is 0 Å². The minimum absolute atomic E-state index is 0.165. The van der Waals surface area contributed by atoms with E-state index in [-0.39, 0.29) is 17.5 Å². The molecule has 0 aliphatic rings. The average molecular weight is 279 g/mol. The zero-order chi connectivity index (χ0) is 15.1. The van der Waals surface area contributed by atoms with E-state index in [1.807, 2.05) is 13.8 Å². The second-order valence-corrected chi connectivity index (χ2v) is 4.97. The maximum absolute atomic E-state index is 12.1. The van der Waals surface area contributed by atoms with E-state index in [9.17, 15) is 4.79 Å². The molecule has 1 aromatic rings. The summed E-state index contributed by atoms with van der Waals surface area (Å²) in [6, 6.07) is 0. The second kappa shape index (κ2) is 7.79. The minimum atomic E-state index is -0.237. The lowest BCUT2D eigenvalue weighted by Crippen LogP contribution is -2.35. The van der Waals surface area contributed by atoms with E-state index in [0.717, 1.165) is 19.6 Å². The predicted molar refractivity (Wildman–Crippen MR) is 80.7 cm³/mol. The molecule has 0 fully saturated rings. The van der Waals surface area contributed by atoms with Crippen molar-refractivity contribution in [2.75, 3.05) is 31.9 Å². The van der Waals surface area contributed by atoms with Crippen molar-refractivity contribution in [1.82, 2.24) is 20.2 Å². The maximum Gasteiger partial charge on any atom is 0.272 e. The van der Waals surface area contributed by atoms with Crippen LogP contribution >= 0.6 is 0 Å². The number of nitrogens with zero attached hydrogens (tertiary/aromatic N) is 3. The molecule has 3 N–H and O–H groups in total. The van der Waals surface area contributed by atoms with E-state index in [0.29, 0.717) is 18.1 Å². The molecule has 0 bridgehead atoms. The van der Waals surface area contributed by atoms with Crippen molar-refractivity contribution in [3.63, 3.8) is 0 Å². The third-order valence-corrected chi connectivity index (χ3v) is 3.18. The van der Waals surface area contributed by atoms with E-state index >= 15 is 0 Å². The normalized spacial score (nSPS) is 11.1. The maximum atomic E-state index is 12.1. The summed E-state index contributed by atoms with van der Waals surface area (Å²) in [6.07, 6.45) is 1.50. The number of nitrogens with one attached hydrogen (secondary N) is 1. The predicted octanol–water partition coefficient (Wildman–Crippen LogP) is 1.25. The van der Waals surface area contributed by atoms with Crippen LogP contribution in [0, 0.1) is 0 Å². The van der Waals surface area contributed by atoms with Crippen molar-refractivity contribution < 1.29 is 4.79 Å². The van der Waals surface area contributed by atoms with Crippen LogP contribution in [0.3, 0.4) is 0 Å². The zero-order valence-electron chi connectivity index (χ0n) is 12.8. The number of hydrogen-bond donors (Lipinski definition) is 2. The second-order valence-electron chi connectivity index (χ2n) is 4.97. The molecule has 0 aliphatic carbocycles. The molecule has 1 amide bonds. The molecule has 6 nitrogen and oxygen atoms in total. The van der Waals surface area contributed by atoms with Gasteiger partial charge in [-0.25, -0.2) is 9.97 Å². The van der Waals surface area contributed by atoms with E-state index in [2.05, 4.69) is 34.0 Å². The monoisotopic (exact) mass is 279 g/mol. The van der Waals surface area contributed by atoms with Crippen molar-refractivity contribution in [3.8, 4) is 0 Å². The Morgan fingerprint density at radius 3 is 2.60 bits per heavy atom. The van der Waals surface area contributed by atoms with Gasteiger partial charge in [-0.15, -0.1) is 0 Å². The first-order chi connectivity index (χ1) is 9.49. The van der Waals surface area contributed by atoms with Crippen LogP contribution < -0.4 is 11.1 Å². The van der Waals surface area contributed by atoms with Crippen LogP contribution in [0.25, 0.3) is 0 Å². The molecule has 6 heteroatoms. The summed E-state index contributed by atoms with van der Waals surface area (Å²) in [5, 5.41) is 2.85. The van der Waals surface area contributed by atoms with Gasteiger partial charge in [-0.3, -0.25) is 4.79 Å². The Morgan fingerprint density at radius 2 is 2.05 bits per heavy atom. The van der Waals surface area contributed by atoms with Crippen molar-refractivity contribution in [3.05, 3.63) is 17.7 Å². The number of carbonyl (C=O) groups excluding carboxylic acids is 1. The van der Waals surface area contributed by atoms with Crippen LogP contribution in [0.5, 0.6) is 0 Å². The molecule has 1 heterocycles. The van der Waals surface area contributed by atoms with Gasteiger partial charge in [0.25, 0.3) is 5.91 Å². The van der Waals surface area contributed by atoms with Crippen molar-refractivity contribution in [2.45, 2.75) is 33.6 Å². The molecule has 0 radical (unpaired) electrons. The number of hydrogen-bond acceptors (Lipinski definition) is 5. The topological polar surface area (TPSA) is 84.1 Å². The summed E-state index contributed by atoms with van der Waals surface area (Å²) in [5.41, 5.74) is 6.36. The Bertz CT molecular complexity index is 443. The highest BCUT2D eigenvalue weighted by Gasteiger charge is 2.14. The number of nitrogen functional groups attached to an aromatic ring is 1. The fraction of sp³-hybridized carbons (Fsp3) is 0.643. The van der Waals surface area contributed by atoms with Gasteiger partial charge in [0.15, 0.2) is 5.69 Å². The fourth-order valence-electron chi connectivity index (χ4n) is 1.82. The van der Waals surface area contributed by atoms with Crippen LogP contribution in [0.4, 0.5) is 5.69 Å². The third-order valence-electron chi connectivity index (χ3n) is 3.18. The number of aromatic nitrogens is 2. The van der Waals surface area contributed by atoms with Crippen molar-refractivity contribution in [2.24, 2.45) is 0 Å². The molecule has 1 aromatic heterocycles. The first kappa shape index (κ1) is 16.4. The average Bonchev–Trinajstić information content (AvgIpc) is 2.43. The number of likely N-dealkylation sites (N-methyl/N-ethyl adjacent to an activating group) is 1. The quantitative estimate of drug-likeness (QED) is 0.785. The van der Waals surface area contributed by atoms with E-state index in [1.54, 1.807) is 0 Å². The Morgan fingerprint density at radius 1 is 1.40 bits per heavy atom. The van der Waals surface area contributed by atoms with Crippen LogP contribution in [-0.4, -0.2) is 47.0 Å². The molecule has 0 unspecified atom stereocenters. The zero-order valence-corrected chi connectivity index (χ0v) is 12.8. The molecular weight excluding hydrogens is 254 g/mol. The van der Waals surface area contributed by atoms with E-state index in [4.69, 9.17) is 5.73 Å². The van der Waals surface area contributed by atoms with Crippen LogP contribution in [0.1, 0.15) is 49.9 Å². The number of anilines is 1. The summed E-state index contributed by atoms with van der Waals surface area (Å²) < 4.78 is 0. The molecule has 0 saturated carbocycles. The SMILES string of the molecule is CCN(CC)CCNC(=O)c1nc(C(C)C)ncc1N. The van der Waals surface area contributed by atoms with Gasteiger partial charge in [-0.2, -0.15) is 0 Å². The van der Waals surface area contributed by atoms with Gasteiger partial charge in [0.1, 0.15) is 5.82 Å². The van der Waals surface area contributed by atoms with Crippen LogP contribution in [-0.2, 0) is 0 Å². The molecule has 0 saturated heterocycles. The molecule has 0 aliphatic heterocycles. The third kappa shape index (κ3) is 4.45. The molecular formula is C14H25N5O. The minimum Gasteiger partial charge on any atom is -0.396 e. The first-order valence-corrected chi connectivity index (χ1v) is 7.12. The Labute approximate surface area is 120 Å². The van der Waals surface area contributed by atoms with Gasteiger partial charge in [0.2, 0.25) is 0 Å². The molecule has 1 rings (SSSR count). The lowest BCUT2D eigenvalue weighted by atomic mass is 10.2. The smallest absolute Gasteiger partial charge is 0.272 e. The highest BCUT2D eigenvalue weighted by atomic mass is 16.1. The molecule has 20 heavy (non-hydrogen) atoms. The van der Waals surface area contributed by atoms with Crippen LogP contribution in [0.15, 0.2) is 6.20 Å². The van der Waals surface area contributed by atoms with Gasteiger partial charge in [0.05, 0.1) is 11.9 Å². The number of amides is 1. The van der Waals surface area contributed by atoms with Gasteiger partial charge >= 0.3 is 0 Å². The molecule has 0 aromatic carbocycles. The van der Waals surface area contributed by atoms with Gasteiger partial charge < -0.3 is 16.0 Å². The number of carbonyl (C=O) groups is 1. The molecule has 0 atom stereocenters. The van der Waals surface area contributed by atoms with Gasteiger partial charge in [-0.05, 0) is 13.1 Å². The first-order valence-electron chi connectivity index (χ1n) is 7.12. The summed E-state index contributed by atoms with van der Waals surface area (Å²) in [4.78, 5) is 22.7. The number of rotatable bonds is 7. The summed E-state index contributed by atoms with van der Waals surface area (Å²) >= 11 is 0. The van der Waals surface area contributed by atoms with Gasteiger partial charge in [0, 0.05) is 19.0 Å². The lowest BCUT2D eigenvalue weighted by Gasteiger charge is -2.18. The fourth-order valence-corrected chi connectivity index (χ4v) is 1.82. The Hall–Kier alpha value is -1.69. The largest absolute Gasteiger partial charge is 0.396 e. The van der Waals surface area contributed by atoms with E-state index < -0.39 is 0 Å². The Kier molecular flexibility index (Phi) is 6.38. The summed E-state index contributed by atoms with van der Waals surface area (Å²) in [6.45, 7) is 11.5. The van der Waals surface area contributed by atoms with E-state index in [1.165, 1.54) is 6.20 Å². The van der Waals surface area contributed by atoms with Crippen molar-refractivity contribution >= 4 is 11.6 Å². The highest BCUT2D eigenvalue weighted by Crippen LogP contribution is 2.13. The Balaban J connectivity index is 2.65.